The molecule has 1 aromatic carbocycles. The summed E-state index contributed by atoms with van der Waals surface area (Å²) >= 11 is 0. The van der Waals surface area contributed by atoms with Crippen molar-refractivity contribution in [2.75, 3.05) is 7.05 Å². The quantitative estimate of drug-likeness (QED) is 0.752. The molecular weight excluding hydrogens is 270 g/mol. The van der Waals surface area contributed by atoms with Gasteiger partial charge < -0.3 is 14.5 Å². The summed E-state index contributed by atoms with van der Waals surface area (Å²) in [6.45, 7) is 0.390. The molecule has 0 aliphatic rings. The molecule has 108 valence electrons. The molecule has 0 unspecified atom stereocenters. The van der Waals surface area contributed by atoms with Gasteiger partial charge in [0.2, 0.25) is 0 Å². The second-order valence-corrected chi connectivity index (χ2v) is 4.88. The molecule has 0 amide bonds. The number of imidazole rings is 1. The van der Waals surface area contributed by atoms with Gasteiger partial charge in [0.25, 0.3) is 0 Å². The third-order valence-electron chi connectivity index (χ3n) is 3.34. The molecule has 0 radical (unpaired) electrons. The Morgan fingerprint density at radius 2 is 2.29 bits per heavy atom. The lowest BCUT2D eigenvalue weighted by Crippen LogP contribution is -2.30. The summed E-state index contributed by atoms with van der Waals surface area (Å²) in [5.41, 5.74) is 0.685. The normalized spacial score (nSPS) is 12.9. The monoisotopic (exact) mass is 285 g/mol. The number of H-pyrrole nitrogens is 1. The minimum absolute atomic E-state index is 0.390. The molecular formula is C15H15N3O3. The molecule has 2 N–H and O–H groups in total. The maximum atomic E-state index is 11.6. The number of rotatable bonds is 5. The van der Waals surface area contributed by atoms with Crippen molar-refractivity contribution in [1.82, 2.24) is 14.9 Å². The van der Waals surface area contributed by atoms with Crippen molar-refractivity contribution in [1.29, 1.82) is 0 Å². The van der Waals surface area contributed by atoms with Crippen molar-refractivity contribution in [2.24, 2.45) is 0 Å². The van der Waals surface area contributed by atoms with Crippen LogP contribution in [0.5, 0.6) is 0 Å². The van der Waals surface area contributed by atoms with E-state index in [0.29, 0.717) is 23.7 Å². The number of benzene rings is 1. The predicted octanol–water partition coefficient (Wildman–Crippen LogP) is 2.41. The van der Waals surface area contributed by atoms with Gasteiger partial charge >= 0.3 is 5.97 Å². The van der Waals surface area contributed by atoms with Crippen molar-refractivity contribution in [3.63, 3.8) is 0 Å². The van der Waals surface area contributed by atoms with Crippen LogP contribution in [-0.4, -0.2) is 33.0 Å². The standard InChI is InChI=1S/C15H15N3O3/c1-18(9-13-16-6-7-17-13)14(15(19)20)12-8-10-4-2-3-5-11(10)21-12/h2-8,14H,9H2,1H3,(H,16,17)(H,19,20)/t14-/m1/s1. The Labute approximate surface area is 121 Å². The number of carboxylic acids is 1. The first-order valence-electron chi connectivity index (χ1n) is 6.55. The van der Waals surface area contributed by atoms with E-state index in [1.807, 2.05) is 24.3 Å². The fourth-order valence-electron chi connectivity index (χ4n) is 2.38. The van der Waals surface area contributed by atoms with Crippen LogP contribution in [0.2, 0.25) is 0 Å². The number of aromatic amines is 1. The van der Waals surface area contributed by atoms with Crippen molar-refractivity contribution in [3.8, 4) is 0 Å². The van der Waals surface area contributed by atoms with E-state index in [1.165, 1.54) is 0 Å². The number of fused-ring (bicyclic) bond motifs is 1. The SMILES string of the molecule is CN(Cc1ncc[nH]1)[C@@H](C(=O)O)c1cc2ccccc2o1. The Bertz CT molecular complexity index is 715. The van der Waals surface area contributed by atoms with Gasteiger partial charge in [0, 0.05) is 17.8 Å². The lowest BCUT2D eigenvalue weighted by molar-refractivity contribution is -0.143. The molecule has 3 aromatic rings. The molecule has 0 saturated heterocycles. The molecule has 6 nitrogen and oxygen atoms in total. The summed E-state index contributed by atoms with van der Waals surface area (Å²) in [5.74, 6) is 0.167. The molecule has 0 saturated carbocycles. The van der Waals surface area contributed by atoms with Crippen LogP contribution < -0.4 is 0 Å². The van der Waals surface area contributed by atoms with Crippen LogP contribution in [0.3, 0.4) is 0 Å². The van der Waals surface area contributed by atoms with Crippen LogP contribution in [0.25, 0.3) is 11.0 Å². The number of likely N-dealkylation sites (N-methyl/N-ethyl adjacent to an activating group) is 1. The van der Waals surface area contributed by atoms with Crippen LogP contribution in [0.4, 0.5) is 0 Å². The van der Waals surface area contributed by atoms with Crippen molar-refractivity contribution >= 4 is 16.9 Å². The van der Waals surface area contributed by atoms with E-state index in [1.54, 1.807) is 30.4 Å². The maximum Gasteiger partial charge on any atom is 0.328 e. The summed E-state index contributed by atoms with van der Waals surface area (Å²) < 4.78 is 5.68. The number of para-hydroxylation sites is 1. The predicted molar refractivity (Wildman–Crippen MR) is 76.6 cm³/mol. The van der Waals surface area contributed by atoms with E-state index in [9.17, 15) is 9.90 Å². The van der Waals surface area contributed by atoms with E-state index in [0.717, 1.165) is 5.39 Å². The van der Waals surface area contributed by atoms with Crippen LogP contribution in [0.1, 0.15) is 17.6 Å². The highest BCUT2D eigenvalue weighted by Crippen LogP contribution is 2.27. The average molecular weight is 285 g/mol. The zero-order chi connectivity index (χ0) is 14.8. The molecule has 0 spiro atoms. The minimum Gasteiger partial charge on any atom is -0.480 e. The summed E-state index contributed by atoms with van der Waals surface area (Å²) in [7, 11) is 1.73. The molecule has 0 aliphatic heterocycles. The molecule has 1 atom stereocenters. The molecule has 0 bridgehead atoms. The fraction of sp³-hybridized carbons (Fsp3) is 0.200. The number of carboxylic acid groups (broad SMARTS) is 1. The third kappa shape index (κ3) is 2.66. The third-order valence-corrected chi connectivity index (χ3v) is 3.34. The lowest BCUT2D eigenvalue weighted by atomic mass is 10.1. The topological polar surface area (TPSA) is 82.4 Å². The first-order chi connectivity index (χ1) is 10.1. The van der Waals surface area contributed by atoms with Gasteiger partial charge in [0.1, 0.15) is 17.2 Å². The van der Waals surface area contributed by atoms with E-state index < -0.39 is 12.0 Å². The lowest BCUT2D eigenvalue weighted by Gasteiger charge is -2.21. The van der Waals surface area contributed by atoms with Gasteiger partial charge in [0.05, 0.1) is 6.54 Å². The number of carbonyl (C=O) groups is 1. The van der Waals surface area contributed by atoms with E-state index >= 15 is 0 Å². The number of aromatic nitrogens is 2. The second kappa shape index (κ2) is 5.41. The molecule has 6 heteroatoms. The van der Waals surface area contributed by atoms with Crippen LogP contribution in [-0.2, 0) is 11.3 Å². The number of hydrogen-bond donors (Lipinski definition) is 2. The Kier molecular flexibility index (Phi) is 3.45. The summed E-state index contributed by atoms with van der Waals surface area (Å²) in [6.07, 6.45) is 3.35. The highest BCUT2D eigenvalue weighted by Gasteiger charge is 2.28. The highest BCUT2D eigenvalue weighted by atomic mass is 16.4. The van der Waals surface area contributed by atoms with Crippen molar-refractivity contribution in [3.05, 3.63) is 54.3 Å². The molecule has 2 heterocycles. The van der Waals surface area contributed by atoms with Gasteiger partial charge in [-0.3, -0.25) is 9.69 Å². The summed E-state index contributed by atoms with van der Waals surface area (Å²) in [6, 6.07) is 8.38. The van der Waals surface area contributed by atoms with Crippen LogP contribution in [0, 0.1) is 0 Å². The fourth-order valence-corrected chi connectivity index (χ4v) is 2.38. The Hall–Kier alpha value is -2.60. The van der Waals surface area contributed by atoms with Crippen LogP contribution >= 0.6 is 0 Å². The smallest absolute Gasteiger partial charge is 0.328 e. The number of hydrogen-bond acceptors (Lipinski definition) is 4. The highest BCUT2D eigenvalue weighted by molar-refractivity contribution is 5.81. The van der Waals surface area contributed by atoms with E-state index in [4.69, 9.17) is 4.42 Å². The minimum atomic E-state index is -0.955. The van der Waals surface area contributed by atoms with Gasteiger partial charge in [0.15, 0.2) is 6.04 Å². The molecule has 21 heavy (non-hydrogen) atoms. The molecule has 2 aromatic heterocycles. The Morgan fingerprint density at radius 3 is 2.95 bits per heavy atom. The first kappa shape index (κ1) is 13.4. The maximum absolute atomic E-state index is 11.6. The van der Waals surface area contributed by atoms with Gasteiger partial charge in [-0.25, -0.2) is 4.98 Å². The van der Waals surface area contributed by atoms with Crippen LogP contribution in [0.15, 0.2) is 47.1 Å². The Balaban J connectivity index is 1.91. The van der Waals surface area contributed by atoms with Crippen molar-refractivity contribution < 1.29 is 14.3 Å². The van der Waals surface area contributed by atoms with Gasteiger partial charge in [-0.1, -0.05) is 18.2 Å². The second-order valence-electron chi connectivity index (χ2n) is 4.88. The Morgan fingerprint density at radius 1 is 1.48 bits per heavy atom. The van der Waals surface area contributed by atoms with Gasteiger partial charge in [-0.05, 0) is 19.2 Å². The largest absolute Gasteiger partial charge is 0.480 e. The van der Waals surface area contributed by atoms with Crippen molar-refractivity contribution in [2.45, 2.75) is 12.6 Å². The van der Waals surface area contributed by atoms with E-state index in [-0.39, 0.29) is 0 Å². The zero-order valence-corrected chi connectivity index (χ0v) is 11.5. The molecule has 0 fully saturated rings. The number of furan rings is 1. The zero-order valence-electron chi connectivity index (χ0n) is 11.5. The summed E-state index contributed by atoms with van der Waals surface area (Å²) in [5, 5.41) is 10.4. The number of nitrogens with zero attached hydrogens (tertiary/aromatic N) is 2. The first-order valence-corrected chi connectivity index (χ1v) is 6.55. The molecule has 3 rings (SSSR count). The van der Waals surface area contributed by atoms with Gasteiger partial charge in [-0.2, -0.15) is 0 Å². The van der Waals surface area contributed by atoms with Gasteiger partial charge in [-0.15, -0.1) is 0 Å². The number of nitrogens with one attached hydrogen (secondary N) is 1. The average Bonchev–Trinajstić information content (AvgIpc) is 3.06. The van der Waals surface area contributed by atoms with E-state index in [2.05, 4.69) is 9.97 Å². The molecule has 0 aliphatic carbocycles. The number of aliphatic carboxylic acids is 1. The summed E-state index contributed by atoms with van der Waals surface area (Å²) in [4.78, 5) is 20.4.